The third-order valence-corrected chi connectivity index (χ3v) is 5.91. The minimum atomic E-state index is -0.264. The Bertz CT molecular complexity index is 1230. The Morgan fingerprint density at radius 1 is 1.22 bits per heavy atom. The van der Waals surface area contributed by atoms with E-state index in [1.54, 1.807) is 48.4 Å². The first kappa shape index (κ1) is 23.6. The molecule has 3 rings (SSSR count). The van der Waals surface area contributed by atoms with Crippen LogP contribution in [0, 0.1) is 6.92 Å². The van der Waals surface area contributed by atoms with Gasteiger partial charge in [0.05, 0.1) is 29.5 Å². The summed E-state index contributed by atoms with van der Waals surface area (Å²) < 4.78 is 7.00. The van der Waals surface area contributed by atoms with Gasteiger partial charge >= 0.3 is 0 Å². The zero-order valence-electron chi connectivity index (χ0n) is 18.0. The number of aromatic nitrogens is 2. The van der Waals surface area contributed by atoms with Crippen LogP contribution >= 0.6 is 23.4 Å². The molecule has 0 saturated heterocycles. The molecule has 2 aromatic carbocycles. The Labute approximate surface area is 196 Å². The highest BCUT2D eigenvalue weighted by molar-refractivity contribution is 7.99. The molecule has 1 aromatic heterocycles. The first-order valence-electron chi connectivity index (χ1n) is 9.89. The molecule has 0 fully saturated rings. The molecule has 0 radical (unpaired) electrons. The predicted molar refractivity (Wildman–Crippen MR) is 131 cm³/mol. The summed E-state index contributed by atoms with van der Waals surface area (Å²) in [5.74, 6) is 0.507. The van der Waals surface area contributed by atoms with Gasteiger partial charge in [0, 0.05) is 18.1 Å². The van der Waals surface area contributed by atoms with Crippen LogP contribution in [0.4, 0.5) is 0 Å². The van der Waals surface area contributed by atoms with Crippen LogP contribution in [0.3, 0.4) is 0 Å². The number of hydrogen-bond acceptors (Lipinski definition) is 5. The number of hydrogen-bond donors (Lipinski definition) is 0. The van der Waals surface area contributed by atoms with E-state index in [9.17, 15) is 9.59 Å². The lowest BCUT2D eigenvalue weighted by molar-refractivity contribution is -0.127. The van der Waals surface area contributed by atoms with E-state index < -0.39 is 0 Å². The van der Waals surface area contributed by atoms with Crippen LogP contribution in [0.5, 0.6) is 5.75 Å². The van der Waals surface area contributed by atoms with E-state index in [4.69, 9.17) is 16.3 Å². The van der Waals surface area contributed by atoms with Crippen molar-refractivity contribution in [1.82, 2.24) is 14.5 Å². The average molecular weight is 470 g/mol. The lowest BCUT2D eigenvalue weighted by Gasteiger charge is -2.20. The number of aryl methyl sites for hydroxylation is 1. The topological polar surface area (TPSA) is 64.4 Å². The van der Waals surface area contributed by atoms with Gasteiger partial charge in [0.15, 0.2) is 5.16 Å². The molecule has 166 valence electrons. The van der Waals surface area contributed by atoms with Gasteiger partial charge in [-0.15, -0.1) is 13.2 Å². The van der Waals surface area contributed by atoms with Crippen LogP contribution in [-0.2, 0) is 4.79 Å². The highest BCUT2D eigenvalue weighted by Crippen LogP contribution is 2.29. The van der Waals surface area contributed by atoms with Crippen molar-refractivity contribution in [3.63, 3.8) is 0 Å². The van der Waals surface area contributed by atoms with Gasteiger partial charge in [-0.2, -0.15) is 0 Å². The van der Waals surface area contributed by atoms with Crippen molar-refractivity contribution in [3.8, 4) is 11.4 Å². The van der Waals surface area contributed by atoms with E-state index in [0.717, 1.165) is 5.56 Å². The van der Waals surface area contributed by atoms with Crippen LogP contribution in [0.15, 0.2) is 71.7 Å². The van der Waals surface area contributed by atoms with Gasteiger partial charge < -0.3 is 9.64 Å². The van der Waals surface area contributed by atoms with Crippen molar-refractivity contribution in [2.45, 2.75) is 12.1 Å². The number of ether oxygens (including phenoxy) is 1. The van der Waals surface area contributed by atoms with Crippen molar-refractivity contribution in [2.75, 3.05) is 26.0 Å². The van der Waals surface area contributed by atoms with Gasteiger partial charge in [0.25, 0.3) is 5.56 Å². The molecule has 1 heterocycles. The fourth-order valence-corrected chi connectivity index (χ4v) is 4.30. The SMILES string of the molecule is C=CCN(CC=C)C(=O)CSc1nc2cc(Cl)ccc2c(=O)n1-c1cc(C)ccc1OC. The van der Waals surface area contributed by atoms with Gasteiger partial charge in [-0.3, -0.25) is 14.2 Å². The number of thioether (sulfide) groups is 1. The first-order valence-corrected chi connectivity index (χ1v) is 11.3. The summed E-state index contributed by atoms with van der Waals surface area (Å²) in [7, 11) is 1.55. The lowest BCUT2D eigenvalue weighted by atomic mass is 10.2. The second-order valence-corrected chi connectivity index (χ2v) is 8.42. The van der Waals surface area contributed by atoms with Crippen LogP contribution in [0.25, 0.3) is 16.6 Å². The van der Waals surface area contributed by atoms with Crippen LogP contribution in [0.2, 0.25) is 5.02 Å². The molecule has 0 spiro atoms. The van der Waals surface area contributed by atoms with Crippen molar-refractivity contribution >= 4 is 40.2 Å². The minimum absolute atomic E-state index is 0.0916. The Balaban J connectivity index is 2.14. The number of carbonyl (C=O) groups is 1. The van der Waals surface area contributed by atoms with E-state index in [0.29, 0.717) is 45.6 Å². The van der Waals surface area contributed by atoms with Gasteiger partial charge in [-0.05, 0) is 42.8 Å². The Morgan fingerprint density at radius 2 is 1.94 bits per heavy atom. The fraction of sp³-hybridized carbons (Fsp3) is 0.208. The molecule has 0 atom stereocenters. The molecule has 0 aliphatic heterocycles. The maximum atomic E-state index is 13.5. The number of rotatable bonds is 9. The summed E-state index contributed by atoms with van der Waals surface area (Å²) in [5.41, 5.74) is 1.72. The molecule has 0 aliphatic carbocycles. The van der Waals surface area contributed by atoms with E-state index in [1.165, 1.54) is 16.3 Å². The molecule has 6 nitrogen and oxygen atoms in total. The van der Waals surface area contributed by atoms with Crippen molar-refractivity contribution in [3.05, 3.63) is 82.6 Å². The first-order chi connectivity index (χ1) is 15.4. The normalized spacial score (nSPS) is 10.7. The van der Waals surface area contributed by atoms with E-state index in [1.807, 2.05) is 19.1 Å². The summed E-state index contributed by atoms with van der Waals surface area (Å²) in [6.45, 7) is 10.1. The van der Waals surface area contributed by atoms with Crippen LogP contribution in [0.1, 0.15) is 5.56 Å². The number of halogens is 1. The van der Waals surface area contributed by atoms with Gasteiger partial charge in [-0.25, -0.2) is 4.98 Å². The zero-order valence-corrected chi connectivity index (χ0v) is 19.6. The Morgan fingerprint density at radius 3 is 2.59 bits per heavy atom. The summed E-state index contributed by atoms with van der Waals surface area (Å²) in [6.07, 6.45) is 3.33. The van der Waals surface area contributed by atoms with Gasteiger partial charge in [0.1, 0.15) is 5.75 Å². The quantitative estimate of drug-likeness (QED) is 0.259. The molecule has 1 amide bonds. The van der Waals surface area contributed by atoms with Crippen molar-refractivity contribution in [2.24, 2.45) is 0 Å². The monoisotopic (exact) mass is 469 g/mol. The lowest BCUT2D eigenvalue weighted by Crippen LogP contribution is -2.33. The molecule has 0 bridgehead atoms. The van der Waals surface area contributed by atoms with Crippen LogP contribution < -0.4 is 10.3 Å². The Kier molecular flexibility index (Phi) is 7.77. The van der Waals surface area contributed by atoms with Gasteiger partial charge in [-0.1, -0.05) is 41.6 Å². The third-order valence-electron chi connectivity index (χ3n) is 4.75. The molecule has 3 aromatic rings. The smallest absolute Gasteiger partial charge is 0.266 e. The highest BCUT2D eigenvalue weighted by Gasteiger charge is 2.19. The van der Waals surface area contributed by atoms with E-state index >= 15 is 0 Å². The number of benzene rings is 2. The maximum absolute atomic E-state index is 13.5. The third kappa shape index (κ3) is 5.06. The number of nitrogens with zero attached hydrogens (tertiary/aromatic N) is 3. The number of methoxy groups -OCH3 is 1. The summed E-state index contributed by atoms with van der Waals surface area (Å²) in [4.78, 5) is 32.6. The molecule has 0 unspecified atom stereocenters. The molecule has 0 saturated carbocycles. The van der Waals surface area contributed by atoms with Crippen LogP contribution in [-0.4, -0.2) is 46.3 Å². The largest absolute Gasteiger partial charge is 0.495 e. The van der Waals surface area contributed by atoms with Crippen molar-refractivity contribution in [1.29, 1.82) is 0 Å². The number of amides is 1. The summed E-state index contributed by atoms with van der Waals surface area (Å²) in [6, 6.07) is 10.5. The van der Waals surface area contributed by atoms with E-state index in [-0.39, 0.29) is 17.2 Å². The maximum Gasteiger partial charge on any atom is 0.266 e. The minimum Gasteiger partial charge on any atom is -0.495 e. The second-order valence-electron chi connectivity index (χ2n) is 7.04. The highest BCUT2D eigenvalue weighted by atomic mass is 35.5. The summed E-state index contributed by atoms with van der Waals surface area (Å²) >= 11 is 7.32. The molecular weight excluding hydrogens is 446 g/mol. The molecule has 0 aliphatic rings. The fourth-order valence-electron chi connectivity index (χ4n) is 3.23. The second kappa shape index (κ2) is 10.5. The molecule has 0 N–H and O–H groups in total. The average Bonchev–Trinajstić information content (AvgIpc) is 2.77. The van der Waals surface area contributed by atoms with Gasteiger partial charge in [0.2, 0.25) is 5.91 Å². The molecule has 32 heavy (non-hydrogen) atoms. The number of fused-ring (bicyclic) bond motifs is 1. The number of carbonyl (C=O) groups excluding carboxylic acids is 1. The van der Waals surface area contributed by atoms with E-state index in [2.05, 4.69) is 18.1 Å². The predicted octanol–water partition coefficient (Wildman–Crippen LogP) is 4.65. The molecule has 8 heteroatoms. The van der Waals surface area contributed by atoms with Crippen molar-refractivity contribution < 1.29 is 9.53 Å². The standard InChI is InChI=1S/C24H24ClN3O3S/c1-5-11-27(12-6-2)22(29)15-32-24-26-19-14-17(25)8-9-18(19)23(30)28(24)20-13-16(3)7-10-21(20)31-4/h5-10,13-14H,1-2,11-12,15H2,3-4H3. The summed E-state index contributed by atoms with van der Waals surface area (Å²) in [5, 5.41) is 1.28. The zero-order chi connectivity index (χ0) is 23.3. The molecular formula is C24H24ClN3O3S. The Hall–Kier alpha value is -3.03.